The topological polar surface area (TPSA) is 21.3 Å². The molecule has 0 radical (unpaired) electrons. The van der Waals surface area contributed by atoms with Crippen LogP contribution in [0.25, 0.3) is 0 Å². The summed E-state index contributed by atoms with van der Waals surface area (Å²) in [6.45, 7) is 1.57. The molecule has 0 aromatic heterocycles. The lowest BCUT2D eigenvalue weighted by Gasteiger charge is -2.23. The fraction of sp³-hybridized carbons (Fsp3) is 0.571. The van der Waals surface area contributed by atoms with Crippen molar-refractivity contribution in [2.45, 2.75) is 42.1 Å². The van der Waals surface area contributed by atoms with E-state index < -0.39 is 5.51 Å². The summed E-state index contributed by atoms with van der Waals surface area (Å²) in [7, 11) is 0. The molecule has 6 heteroatoms. The van der Waals surface area contributed by atoms with Crippen LogP contribution in [0.1, 0.15) is 25.7 Å². The lowest BCUT2D eigenvalue weighted by Crippen LogP contribution is -2.35. The van der Waals surface area contributed by atoms with Crippen molar-refractivity contribution in [1.29, 1.82) is 0 Å². The van der Waals surface area contributed by atoms with Gasteiger partial charge in [0, 0.05) is 10.9 Å². The lowest BCUT2D eigenvalue weighted by atomic mass is 10.0. The highest BCUT2D eigenvalue weighted by molar-refractivity contribution is 8.00. The molecule has 1 heterocycles. The van der Waals surface area contributed by atoms with Crippen molar-refractivity contribution < 1.29 is 17.9 Å². The minimum absolute atomic E-state index is 0.116. The molecular weight excluding hydrogens is 287 g/mol. The zero-order chi connectivity index (χ0) is 14.4. The summed E-state index contributed by atoms with van der Waals surface area (Å²) in [5.41, 5.74) is -4.26. The van der Waals surface area contributed by atoms with Crippen LogP contribution in [0.4, 0.5) is 13.2 Å². The van der Waals surface area contributed by atoms with E-state index in [1.165, 1.54) is 25.0 Å². The van der Waals surface area contributed by atoms with Gasteiger partial charge in [-0.05, 0) is 55.8 Å². The van der Waals surface area contributed by atoms with Gasteiger partial charge in [-0.3, -0.25) is 0 Å². The molecule has 1 aliphatic rings. The number of hydrogen-bond donors (Lipinski definition) is 1. The summed E-state index contributed by atoms with van der Waals surface area (Å²) in [5.74, 6) is 0.495. The summed E-state index contributed by atoms with van der Waals surface area (Å²) in [4.78, 5) is 0.158. The molecule has 2 nitrogen and oxygen atoms in total. The van der Waals surface area contributed by atoms with Gasteiger partial charge in [0.2, 0.25) is 0 Å². The van der Waals surface area contributed by atoms with Crippen LogP contribution in [-0.2, 0) is 0 Å². The van der Waals surface area contributed by atoms with E-state index in [1.54, 1.807) is 12.1 Å². The Morgan fingerprint density at radius 2 is 2.15 bits per heavy atom. The molecule has 1 aliphatic heterocycles. The third kappa shape index (κ3) is 5.63. The molecule has 1 fully saturated rings. The predicted octanol–water partition coefficient (Wildman–Crippen LogP) is 4.21. The largest absolute Gasteiger partial charge is 0.493 e. The van der Waals surface area contributed by atoms with Gasteiger partial charge < -0.3 is 10.1 Å². The first-order valence-electron chi connectivity index (χ1n) is 6.75. The second kappa shape index (κ2) is 7.22. The lowest BCUT2D eigenvalue weighted by molar-refractivity contribution is -0.0328. The molecule has 1 atom stereocenters. The number of thioether (sulfide) groups is 1. The minimum atomic E-state index is -4.26. The molecule has 0 bridgehead atoms. The minimum Gasteiger partial charge on any atom is -0.493 e. The summed E-state index contributed by atoms with van der Waals surface area (Å²) >= 11 is -0.116. The molecule has 0 amide bonds. The Bertz CT molecular complexity index is 419. The van der Waals surface area contributed by atoms with Crippen molar-refractivity contribution in [3.8, 4) is 5.75 Å². The van der Waals surface area contributed by atoms with Crippen molar-refractivity contribution >= 4 is 11.8 Å². The Morgan fingerprint density at radius 3 is 2.85 bits per heavy atom. The van der Waals surface area contributed by atoms with E-state index in [9.17, 15) is 13.2 Å². The zero-order valence-electron chi connectivity index (χ0n) is 11.1. The SMILES string of the molecule is FC(F)(F)Sc1cccc(OCCC2CCCCN2)c1. The first-order chi connectivity index (χ1) is 9.53. The van der Waals surface area contributed by atoms with E-state index in [-0.39, 0.29) is 16.7 Å². The molecule has 2 rings (SSSR count). The van der Waals surface area contributed by atoms with E-state index in [4.69, 9.17) is 4.74 Å². The Hall–Kier alpha value is -0.880. The van der Waals surface area contributed by atoms with Crippen molar-refractivity contribution in [3.05, 3.63) is 24.3 Å². The number of benzene rings is 1. The number of rotatable bonds is 5. The van der Waals surface area contributed by atoms with Gasteiger partial charge in [-0.1, -0.05) is 12.5 Å². The van der Waals surface area contributed by atoms with Gasteiger partial charge in [0.15, 0.2) is 0 Å². The molecule has 1 N–H and O–H groups in total. The van der Waals surface area contributed by atoms with E-state index in [0.717, 1.165) is 19.4 Å². The van der Waals surface area contributed by atoms with Crippen LogP contribution in [0.3, 0.4) is 0 Å². The third-order valence-electron chi connectivity index (χ3n) is 3.19. The van der Waals surface area contributed by atoms with Crippen molar-refractivity contribution in [1.82, 2.24) is 5.32 Å². The monoisotopic (exact) mass is 305 g/mol. The Kier molecular flexibility index (Phi) is 5.60. The molecule has 112 valence electrons. The van der Waals surface area contributed by atoms with Crippen LogP contribution in [0.15, 0.2) is 29.2 Å². The number of alkyl halides is 3. The molecule has 0 spiro atoms. The molecule has 1 unspecified atom stereocenters. The maximum absolute atomic E-state index is 12.3. The van der Waals surface area contributed by atoms with Gasteiger partial charge in [0.1, 0.15) is 5.75 Å². The second-order valence-electron chi connectivity index (χ2n) is 4.81. The third-order valence-corrected chi connectivity index (χ3v) is 3.91. The van der Waals surface area contributed by atoms with Crippen LogP contribution in [0.2, 0.25) is 0 Å². The fourth-order valence-electron chi connectivity index (χ4n) is 2.25. The second-order valence-corrected chi connectivity index (χ2v) is 5.95. The molecule has 0 aliphatic carbocycles. The van der Waals surface area contributed by atoms with Gasteiger partial charge in [0.05, 0.1) is 6.61 Å². The molecule has 1 saturated heterocycles. The van der Waals surface area contributed by atoms with Crippen molar-refractivity contribution in [2.24, 2.45) is 0 Å². The van der Waals surface area contributed by atoms with E-state index in [1.807, 2.05) is 0 Å². The number of piperidine rings is 1. The summed E-state index contributed by atoms with van der Waals surface area (Å²) in [6.07, 6.45) is 4.48. The molecule has 1 aromatic carbocycles. The number of nitrogens with one attached hydrogen (secondary N) is 1. The van der Waals surface area contributed by atoms with Crippen molar-refractivity contribution in [3.63, 3.8) is 0 Å². The standard InChI is InChI=1S/C14H18F3NOS/c15-14(16,17)20-13-6-3-5-12(10-13)19-9-7-11-4-1-2-8-18-11/h3,5-6,10-11,18H,1-2,4,7-9H2. The number of ether oxygens (including phenoxy) is 1. The van der Waals surface area contributed by atoms with Crippen LogP contribution < -0.4 is 10.1 Å². The normalized spacial score (nSPS) is 19.9. The highest BCUT2D eigenvalue weighted by atomic mass is 32.2. The maximum atomic E-state index is 12.3. The van der Waals surface area contributed by atoms with Gasteiger partial charge >= 0.3 is 5.51 Å². The summed E-state index contributed by atoms with van der Waals surface area (Å²) < 4.78 is 42.4. The molecule has 0 saturated carbocycles. The van der Waals surface area contributed by atoms with Crippen molar-refractivity contribution in [2.75, 3.05) is 13.2 Å². The molecular formula is C14H18F3NOS. The van der Waals surface area contributed by atoms with Crippen LogP contribution in [0.5, 0.6) is 5.75 Å². The van der Waals surface area contributed by atoms with E-state index >= 15 is 0 Å². The van der Waals surface area contributed by atoms with E-state index in [0.29, 0.717) is 18.4 Å². The van der Waals surface area contributed by atoms with E-state index in [2.05, 4.69) is 5.32 Å². The zero-order valence-corrected chi connectivity index (χ0v) is 11.9. The Balaban J connectivity index is 1.79. The Labute approximate surface area is 121 Å². The highest BCUT2D eigenvalue weighted by Crippen LogP contribution is 2.37. The highest BCUT2D eigenvalue weighted by Gasteiger charge is 2.29. The average Bonchev–Trinajstić information content (AvgIpc) is 2.38. The van der Waals surface area contributed by atoms with Crippen LogP contribution >= 0.6 is 11.8 Å². The quantitative estimate of drug-likeness (QED) is 0.823. The van der Waals surface area contributed by atoms with Crippen LogP contribution in [0, 0.1) is 0 Å². The molecule has 20 heavy (non-hydrogen) atoms. The van der Waals surface area contributed by atoms with Gasteiger partial charge in [-0.2, -0.15) is 13.2 Å². The first-order valence-corrected chi connectivity index (χ1v) is 7.56. The average molecular weight is 305 g/mol. The smallest absolute Gasteiger partial charge is 0.446 e. The van der Waals surface area contributed by atoms with Gasteiger partial charge in [0.25, 0.3) is 0 Å². The molecule has 1 aromatic rings. The summed E-state index contributed by atoms with van der Waals surface area (Å²) in [6, 6.07) is 6.62. The predicted molar refractivity (Wildman–Crippen MR) is 74.1 cm³/mol. The van der Waals surface area contributed by atoms with Gasteiger partial charge in [-0.25, -0.2) is 0 Å². The summed E-state index contributed by atoms with van der Waals surface area (Å²) in [5, 5.41) is 3.41. The maximum Gasteiger partial charge on any atom is 0.446 e. The first kappa shape index (κ1) is 15.5. The number of halogens is 3. The number of hydrogen-bond acceptors (Lipinski definition) is 3. The van der Waals surface area contributed by atoms with Gasteiger partial charge in [-0.15, -0.1) is 0 Å². The Morgan fingerprint density at radius 1 is 1.30 bits per heavy atom. The van der Waals surface area contributed by atoms with Crippen LogP contribution in [-0.4, -0.2) is 24.7 Å². The fourth-order valence-corrected chi connectivity index (χ4v) is 2.84.